The van der Waals surface area contributed by atoms with Crippen molar-refractivity contribution in [1.29, 1.82) is 0 Å². The molecule has 0 radical (unpaired) electrons. The first-order chi connectivity index (χ1) is 9.22. The number of likely N-dealkylation sites (N-methyl/N-ethyl adjacent to an activating group) is 1. The third kappa shape index (κ3) is 3.57. The molecule has 3 nitrogen and oxygen atoms in total. The Balaban J connectivity index is 1.84. The van der Waals surface area contributed by atoms with E-state index < -0.39 is 0 Å². The molecule has 19 heavy (non-hydrogen) atoms. The van der Waals surface area contributed by atoms with Gasteiger partial charge in [0.15, 0.2) is 0 Å². The Hall–Kier alpha value is -1.35. The molecule has 2 rings (SSSR count). The van der Waals surface area contributed by atoms with Gasteiger partial charge in [0.2, 0.25) is 5.91 Å². The fraction of sp³-hybridized carbons (Fsp3) is 0.562. The van der Waals surface area contributed by atoms with Gasteiger partial charge in [-0.3, -0.25) is 9.69 Å². The van der Waals surface area contributed by atoms with Crippen molar-refractivity contribution in [2.24, 2.45) is 0 Å². The van der Waals surface area contributed by atoms with E-state index in [0.717, 1.165) is 18.7 Å². The maximum Gasteiger partial charge on any atom is 0.227 e. The molecule has 2 atom stereocenters. The van der Waals surface area contributed by atoms with Crippen LogP contribution in [0.25, 0.3) is 0 Å². The summed E-state index contributed by atoms with van der Waals surface area (Å²) in [5.74, 6) is 0.0619. The Bertz CT molecular complexity index is 404. The molecular weight excluding hydrogens is 236 g/mol. The van der Waals surface area contributed by atoms with Gasteiger partial charge in [-0.2, -0.15) is 0 Å². The summed E-state index contributed by atoms with van der Waals surface area (Å²) in [6, 6.07) is 10.5. The summed E-state index contributed by atoms with van der Waals surface area (Å²) in [6.07, 6.45) is 2.45. The van der Waals surface area contributed by atoms with Crippen LogP contribution in [0.15, 0.2) is 30.3 Å². The Morgan fingerprint density at radius 3 is 2.84 bits per heavy atom. The second kappa shape index (κ2) is 6.71. The molecule has 1 aromatic rings. The van der Waals surface area contributed by atoms with Gasteiger partial charge in [0.25, 0.3) is 0 Å². The average molecular weight is 260 g/mol. The molecule has 1 aromatic carbocycles. The van der Waals surface area contributed by atoms with Gasteiger partial charge in [-0.15, -0.1) is 0 Å². The van der Waals surface area contributed by atoms with Crippen LogP contribution in [0.2, 0.25) is 0 Å². The largest absolute Gasteiger partial charge is 0.354 e. The number of rotatable bonds is 5. The van der Waals surface area contributed by atoms with Crippen LogP contribution in [-0.4, -0.2) is 36.5 Å². The van der Waals surface area contributed by atoms with E-state index in [-0.39, 0.29) is 11.8 Å². The standard InChI is InChI=1S/C16H24N2O/c1-3-18-11-7-10-15(18)12-17-16(19)13(2)14-8-5-4-6-9-14/h4-6,8-9,13,15H,3,7,10-12H2,1-2H3,(H,17,19)/t13-,15-/m0/s1. The van der Waals surface area contributed by atoms with E-state index >= 15 is 0 Å². The highest BCUT2D eigenvalue weighted by Gasteiger charge is 2.24. The van der Waals surface area contributed by atoms with Gasteiger partial charge in [0.1, 0.15) is 0 Å². The molecule has 1 saturated heterocycles. The van der Waals surface area contributed by atoms with Crippen LogP contribution in [0.1, 0.15) is 38.2 Å². The van der Waals surface area contributed by atoms with E-state index in [0.29, 0.717) is 6.04 Å². The summed E-state index contributed by atoms with van der Waals surface area (Å²) < 4.78 is 0. The molecule has 0 aromatic heterocycles. The smallest absolute Gasteiger partial charge is 0.227 e. The highest BCUT2D eigenvalue weighted by atomic mass is 16.1. The normalized spacial score (nSPS) is 21.3. The van der Waals surface area contributed by atoms with Crippen LogP contribution in [0, 0.1) is 0 Å². The number of hydrogen-bond donors (Lipinski definition) is 1. The van der Waals surface area contributed by atoms with Crippen LogP contribution >= 0.6 is 0 Å². The topological polar surface area (TPSA) is 32.3 Å². The van der Waals surface area contributed by atoms with Crippen molar-refractivity contribution in [2.75, 3.05) is 19.6 Å². The number of carbonyl (C=O) groups excluding carboxylic acids is 1. The second-order valence-corrected chi connectivity index (χ2v) is 5.30. The van der Waals surface area contributed by atoms with Crippen molar-refractivity contribution in [2.45, 2.75) is 38.6 Å². The lowest BCUT2D eigenvalue weighted by atomic mass is 10.0. The zero-order valence-electron chi connectivity index (χ0n) is 11.9. The highest BCUT2D eigenvalue weighted by molar-refractivity contribution is 5.83. The summed E-state index contributed by atoms with van der Waals surface area (Å²) in [5, 5.41) is 3.11. The van der Waals surface area contributed by atoms with Crippen molar-refractivity contribution in [1.82, 2.24) is 10.2 Å². The first-order valence-corrected chi connectivity index (χ1v) is 7.29. The first-order valence-electron chi connectivity index (χ1n) is 7.29. The summed E-state index contributed by atoms with van der Waals surface area (Å²) >= 11 is 0. The van der Waals surface area contributed by atoms with Gasteiger partial charge in [-0.05, 0) is 38.4 Å². The zero-order valence-corrected chi connectivity index (χ0v) is 11.9. The predicted octanol–water partition coefficient (Wildman–Crippen LogP) is 2.39. The lowest BCUT2D eigenvalue weighted by molar-refractivity contribution is -0.122. The third-order valence-electron chi connectivity index (χ3n) is 4.11. The number of hydrogen-bond acceptors (Lipinski definition) is 2. The number of carbonyl (C=O) groups is 1. The molecule has 1 heterocycles. The maximum absolute atomic E-state index is 12.2. The van der Waals surface area contributed by atoms with Crippen LogP contribution in [0.3, 0.4) is 0 Å². The van der Waals surface area contributed by atoms with Crippen LogP contribution in [0.4, 0.5) is 0 Å². The summed E-state index contributed by atoms with van der Waals surface area (Å²) in [4.78, 5) is 14.6. The van der Waals surface area contributed by atoms with E-state index in [2.05, 4.69) is 17.1 Å². The molecule has 1 aliphatic rings. The summed E-state index contributed by atoms with van der Waals surface area (Å²) in [6.45, 7) is 7.19. The molecule has 0 spiro atoms. The Morgan fingerprint density at radius 1 is 1.42 bits per heavy atom. The lowest BCUT2D eigenvalue weighted by Crippen LogP contribution is -2.41. The summed E-state index contributed by atoms with van der Waals surface area (Å²) in [5.41, 5.74) is 1.08. The molecule has 104 valence electrons. The van der Waals surface area contributed by atoms with Gasteiger partial charge in [0.05, 0.1) is 5.92 Å². The fourth-order valence-electron chi connectivity index (χ4n) is 2.81. The molecule has 0 bridgehead atoms. The van der Waals surface area contributed by atoms with Gasteiger partial charge in [-0.1, -0.05) is 37.3 Å². The first kappa shape index (κ1) is 14.1. The quantitative estimate of drug-likeness (QED) is 0.881. The van der Waals surface area contributed by atoms with E-state index in [1.54, 1.807) is 0 Å². The number of nitrogens with zero attached hydrogens (tertiary/aromatic N) is 1. The van der Waals surface area contributed by atoms with E-state index in [1.165, 1.54) is 19.4 Å². The third-order valence-corrected chi connectivity index (χ3v) is 4.11. The lowest BCUT2D eigenvalue weighted by Gasteiger charge is -2.23. The Labute approximate surface area is 116 Å². The fourth-order valence-corrected chi connectivity index (χ4v) is 2.81. The highest BCUT2D eigenvalue weighted by Crippen LogP contribution is 2.17. The molecule has 3 heteroatoms. The number of benzene rings is 1. The molecule has 0 saturated carbocycles. The van der Waals surface area contributed by atoms with Gasteiger partial charge >= 0.3 is 0 Å². The van der Waals surface area contributed by atoms with Gasteiger partial charge in [-0.25, -0.2) is 0 Å². The molecular formula is C16H24N2O. The molecule has 0 aliphatic carbocycles. The maximum atomic E-state index is 12.2. The van der Waals surface area contributed by atoms with Crippen molar-refractivity contribution < 1.29 is 4.79 Å². The zero-order chi connectivity index (χ0) is 13.7. The van der Waals surface area contributed by atoms with Crippen molar-refractivity contribution in [3.8, 4) is 0 Å². The number of nitrogens with one attached hydrogen (secondary N) is 1. The minimum absolute atomic E-state index is 0.0716. The van der Waals surface area contributed by atoms with Gasteiger partial charge < -0.3 is 5.32 Å². The van der Waals surface area contributed by atoms with Crippen LogP contribution < -0.4 is 5.32 Å². The molecule has 1 aliphatic heterocycles. The second-order valence-electron chi connectivity index (χ2n) is 5.30. The van der Waals surface area contributed by atoms with Crippen LogP contribution in [0.5, 0.6) is 0 Å². The molecule has 1 N–H and O–H groups in total. The van der Waals surface area contributed by atoms with Crippen LogP contribution in [-0.2, 0) is 4.79 Å². The van der Waals surface area contributed by atoms with E-state index in [4.69, 9.17) is 0 Å². The Kier molecular flexibility index (Phi) is 4.97. The van der Waals surface area contributed by atoms with Crippen molar-refractivity contribution in [3.63, 3.8) is 0 Å². The van der Waals surface area contributed by atoms with Crippen molar-refractivity contribution >= 4 is 5.91 Å². The SMILES string of the molecule is CCN1CCC[C@H]1CNC(=O)[C@@H](C)c1ccccc1. The van der Waals surface area contributed by atoms with Crippen molar-refractivity contribution in [3.05, 3.63) is 35.9 Å². The summed E-state index contributed by atoms with van der Waals surface area (Å²) in [7, 11) is 0. The van der Waals surface area contributed by atoms with E-state index in [1.807, 2.05) is 37.3 Å². The molecule has 1 amide bonds. The monoisotopic (exact) mass is 260 g/mol. The predicted molar refractivity (Wildman–Crippen MR) is 78.1 cm³/mol. The molecule has 0 unspecified atom stereocenters. The number of amides is 1. The van der Waals surface area contributed by atoms with E-state index in [9.17, 15) is 4.79 Å². The number of likely N-dealkylation sites (tertiary alicyclic amines) is 1. The Morgan fingerprint density at radius 2 is 2.16 bits per heavy atom. The molecule has 1 fully saturated rings. The average Bonchev–Trinajstić information content (AvgIpc) is 2.92. The minimum atomic E-state index is -0.0716. The minimum Gasteiger partial charge on any atom is -0.354 e. The van der Waals surface area contributed by atoms with Gasteiger partial charge in [0, 0.05) is 12.6 Å².